The Kier molecular flexibility index (Phi) is 6.63. The molecule has 5 rings (SSSR count). The number of thioether (sulfide) groups is 1. The van der Waals surface area contributed by atoms with Gasteiger partial charge in [0.1, 0.15) is 11.8 Å². The van der Waals surface area contributed by atoms with Gasteiger partial charge in [-0.15, -0.1) is 11.8 Å². The third-order valence-electron chi connectivity index (χ3n) is 7.33. The molecule has 4 heterocycles. The van der Waals surface area contributed by atoms with Crippen LogP contribution in [0.15, 0.2) is 48.6 Å². The fraction of sp³-hybridized carbons (Fsp3) is 0.500. The lowest BCUT2D eigenvalue weighted by molar-refractivity contribution is -0.153. The summed E-state index contributed by atoms with van der Waals surface area (Å²) in [4.78, 5) is 44.3. The van der Waals surface area contributed by atoms with E-state index >= 15 is 0 Å². The summed E-state index contributed by atoms with van der Waals surface area (Å²) >= 11 is 1.51. The first-order valence-corrected chi connectivity index (χ1v) is 13.0. The summed E-state index contributed by atoms with van der Waals surface area (Å²) in [6.07, 6.45) is 10.6. The highest BCUT2D eigenvalue weighted by Gasteiger charge is 2.70. The monoisotopic (exact) mass is 498 g/mol. The van der Waals surface area contributed by atoms with E-state index in [1.807, 2.05) is 30.4 Å². The van der Waals surface area contributed by atoms with Gasteiger partial charge in [-0.25, -0.2) is 0 Å². The first-order valence-electron chi connectivity index (χ1n) is 12.1. The van der Waals surface area contributed by atoms with E-state index in [2.05, 4.69) is 6.08 Å². The van der Waals surface area contributed by atoms with Crippen LogP contribution in [0.25, 0.3) is 0 Å². The lowest BCUT2D eigenvalue weighted by Crippen LogP contribution is -2.53. The van der Waals surface area contributed by atoms with Gasteiger partial charge in [0.05, 0.1) is 36.9 Å². The lowest BCUT2D eigenvalue weighted by Gasteiger charge is -2.35. The van der Waals surface area contributed by atoms with Gasteiger partial charge in [0.15, 0.2) is 0 Å². The molecule has 1 unspecified atom stereocenters. The quantitative estimate of drug-likeness (QED) is 0.502. The van der Waals surface area contributed by atoms with Crippen molar-refractivity contribution in [1.82, 2.24) is 4.90 Å². The first kappa shape index (κ1) is 23.9. The van der Waals surface area contributed by atoms with Crippen LogP contribution in [0.5, 0.6) is 5.75 Å². The van der Waals surface area contributed by atoms with Gasteiger partial charge in [0.2, 0.25) is 5.91 Å². The van der Waals surface area contributed by atoms with E-state index in [0.29, 0.717) is 24.6 Å². The van der Waals surface area contributed by atoms with Crippen molar-refractivity contribution >= 4 is 35.2 Å². The van der Waals surface area contributed by atoms with Crippen molar-refractivity contribution in [3.63, 3.8) is 0 Å². The largest absolute Gasteiger partial charge is 0.497 e. The summed E-state index contributed by atoms with van der Waals surface area (Å²) in [7, 11) is 1.58. The van der Waals surface area contributed by atoms with E-state index in [1.54, 1.807) is 24.1 Å². The average Bonchev–Trinajstić information content (AvgIpc) is 3.24. The molecule has 2 fully saturated rings. The number of fused-ring (bicyclic) bond motifs is 2. The van der Waals surface area contributed by atoms with E-state index in [9.17, 15) is 19.5 Å². The molecule has 186 valence electrons. The fourth-order valence-electron chi connectivity index (χ4n) is 5.76. The number of esters is 1. The Hall–Kier alpha value is -2.78. The summed E-state index contributed by atoms with van der Waals surface area (Å²) in [5.74, 6) is -1.62. The minimum atomic E-state index is -0.919. The van der Waals surface area contributed by atoms with Gasteiger partial charge < -0.3 is 24.4 Å². The maximum absolute atomic E-state index is 14.1. The Labute approximate surface area is 208 Å². The van der Waals surface area contributed by atoms with E-state index in [-0.39, 0.29) is 36.2 Å². The number of likely N-dealkylation sites (tertiary alicyclic amines) is 1. The molecule has 0 saturated carbocycles. The number of β-amino-alcohol motifs (C(OH)–C–C–N with tert-alkyl or cyclic N) is 1. The van der Waals surface area contributed by atoms with E-state index in [1.165, 1.54) is 16.7 Å². The number of benzene rings is 1. The first-order chi connectivity index (χ1) is 17.0. The van der Waals surface area contributed by atoms with Crippen LogP contribution in [0, 0.1) is 11.8 Å². The smallest absolute Gasteiger partial charge is 0.311 e. The van der Waals surface area contributed by atoms with Crippen molar-refractivity contribution in [1.29, 1.82) is 0 Å². The standard InChI is InChI=1S/C26H30N2O6S/c1-33-18-10-8-17(9-11-18)27-13-6-12-26-21(23(30)28(14-15-29)22(26)24(27)31)20-19(35-26)7-4-2-3-5-16-34-25(20)32/h4,6-12,19-22,29H,2-3,5,13-16H2,1H3/b7-4-/t19-,20+,21+,22?,26+/m1/s1. The van der Waals surface area contributed by atoms with Gasteiger partial charge in [0.25, 0.3) is 5.91 Å². The van der Waals surface area contributed by atoms with Crippen LogP contribution >= 0.6 is 11.8 Å². The zero-order valence-electron chi connectivity index (χ0n) is 19.7. The van der Waals surface area contributed by atoms with Gasteiger partial charge in [0, 0.05) is 24.0 Å². The summed E-state index contributed by atoms with van der Waals surface area (Å²) in [6, 6.07) is 6.38. The van der Waals surface area contributed by atoms with Crippen LogP contribution in [-0.2, 0) is 19.1 Å². The second kappa shape index (κ2) is 9.70. The Morgan fingerprint density at radius 1 is 1.14 bits per heavy atom. The van der Waals surface area contributed by atoms with E-state index in [0.717, 1.165) is 19.3 Å². The number of aliphatic hydroxyl groups excluding tert-OH is 1. The van der Waals surface area contributed by atoms with Crippen LogP contribution < -0.4 is 9.64 Å². The number of nitrogens with zero attached hydrogens (tertiary/aromatic N) is 2. The number of rotatable bonds is 4. The van der Waals surface area contributed by atoms with Crippen molar-refractivity contribution in [2.75, 3.05) is 38.3 Å². The zero-order chi connectivity index (χ0) is 24.6. The Morgan fingerprint density at radius 3 is 2.69 bits per heavy atom. The molecule has 9 heteroatoms. The molecule has 4 aliphatic heterocycles. The highest BCUT2D eigenvalue weighted by molar-refractivity contribution is 8.02. The van der Waals surface area contributed by atoms with E-state index in [4.69, 9.17) is 9.47 Å². The second-order valence-corrected chi connectivity index (χ2v) is 10.7. The van der Waals surface area contributed by atoms with Crippen LogP contribution in [0.2, 0.25) is 0 Å². The van der Waals surface area contributed by atoms with Crippen LogP contribution in [0.3, 0.4) is 0 Å². The van der Waals surface area contributed by atoms with Crippen molar-refractivity contribution in [3.8, 4) is 5.75 Å². The molecular weight excluding hydrogens is 468 g/mol. The lowest BCUT2D eigenvalue weighted by atomic mass is 9.78. The molecule has 1 spiro atoms. The second-order valence-electron chi connectivity index (χ2n) is 9.24. The third-order valence-corrected chi connectivity index (χ3v) is 9.07. The van der Waals surface area contributed by atoms with Gasteiger partial charge in [-0.2, -0.15) is 0 Å². The number of hydrogen-bond donors (Lipinski definition) is 1. The number of methoxy groups -OCH3 is 1. The summed E-state index contributed by atoms with van der Waals surface area (Å²) in [5.41, 5.74) is 0.693. The molecule has 0 radical (unpaired) electrons. The number of aliphatic hydroxyl groups is 1. The van der Waals surface area contributed by atoms with Crippen LogP contribution in [0.1, 0.15) is 19.3 Å². The Balaban J connectivity index is 1.58. The number of amides is 2. The van der Waals surface area contributed by atoms with Crippen LogP contribution in [-0.4, -0.2) is 77.2 Å². The summed E-state index contributed by atoms with van der Waals surface area (Å²) in [5, 5.41) is 9.50. The third kappa shape index (κ3) is 3.94. The zero-order valence-corrected chi connectivity index (χ0v) is 20.5. The molecule has 0 bridgehead atoms. The van der Waals surface area contributed by atoms with Crippen LogP contribution in [0.4, 0.5) is 5.69 Å². The molecule has 2 saturated heterocycles. The number of hydrogen-bond acceptors (Lipinski definition) is 7. The molecule has 2 amide bonds. The van der Waals surface area contributed by atoms with Gasteiger partial charge >= 0.3 is 5.97 Å². The molecule has 0 aliphatic carbocycles. The maximum Gasteiger partial charge on any atom is 0.311 e. The normalized spacial score (nSPS) is 33.5. The molecule has 5 atom stereocenters. The number of carbonyl (C=O) groups excluding carboxylic acids is 3. The summed E-state index contributed by atoms with van der Waals surface area (Å²) < 4.78 is 9.92. The number of cyclic esters (lactones) is 1. The predicted molar refractivity (Wildman–Crippen MR) is 132 cm³/mol. The minimum absolute atomic E-state index is 0.0284. The predicted octanol–water partition coefficient (Wildman–Crippen LogP) is 2.17. The SMILES string of the molecule is COc1ccc(N2CC=C[C@]34S[C@@H]5/C=C\CCCCOC(=O)[C@@H]5[C@H]3C(=O)N(CCO)C4C2=O)cc1. The molecule has 4 aliphatic rings. The maximum atomic E-state index is 14.1. The number of anilines is 1. The molecular formula is C26H30N2O6S. The van der Waals surface area contributed by atoms with E-state index < -0.39 is 22.6 Å². The Morgan fingerprint density at radius 2 is 1.94 bits per heavy atom. The Bertz CT molecular complexity index is 1060. The topological polar surface area (TPSA) is 96.4 Å². The number of ether oxygens (including phenoxy) is 2. The minimum Gasteiger partial charge on any atom is -0.497 e. The molecule has 1 N–H and O–H groups in total. The highest BCUT2D eigenvalue weighted by atomic mass is 32.2. The molecule has 1 aromatic carbocycles. The molecule has 1 aromatic rings. The average molecular weight is 499 g/mol. The number of allylic oxidation sites excluding steroid dienone is 1. The molecule has 8 nitrogen and oxygen atoms in total. The molecule has 35 heavy (non-hydrogen) atoms. The van der Waals surface area contributed by atoms with Gasteiger partial charge in [-0.1, -0.05) is 24.3 Å². The van der Waals surface area contributed by atoms with Crippen molar-refractivity contribution < 1.29 is 29.0 Å². The summed E-state index contributed by atoms with van der Waals surface area (Å²) in [6.45, 7) is 0.431. The van der Waals surface area contributed by atoms with Crippen molar-refractivity contribution in [2.45, 2.75) is 35.3 Å². The van der Waals surface area contributed by atoms with Crippen molar-refractivity contribution in [2.24, 2.45) is 11.8 Å². The fourth-order valence-corrected chi connectivity index (χ4v) is 7.76. The van der Waals surface area contributed by atoms with Crippen molar-refractivity contribution in [3.05, 3.63) is 48.6 Å². The van der Waals surface area contributed by atoms with Gasteiger partial charge in [-0.05, 0) is 43.5 Å². The number of carbonyl (C=O) groups is 3. The van der Waals surface area contributed by atoms with Gasteiger partial charge in [-0.3, -0.25) is 14.4 Å². The highest BCUT2D eigenvalue weighted by Crippen LogP contribution is 2.60. The molecule has 0 aromatic heterocycles.